The van der Waals surface area contributed by atoms with E-state index in [2.05, 4.69) is 9.97 Å². The largest absolute Gasteiger partial charge is 0.436 e. The average Bonchev–Trinajstić information content (AvgIpc) is 2.75. The van der Waals surface area contributed by atoms with Gasteiger partial charge in [0, 0.05) is 12.1 Å². The number of halogens is 1. The zero-order valence-electron chi connectivity index (χ0n) is 11.8. The van der Waals surface area contributed by atoms with Crippen molar-refractivity contribution in [1.29, 1.82) is 0 Å². The van der Waals surface area contributed by atoms with Crippen LogP contribution in [0.25, 0.3) is 0 Å². The second kappa shape index (κ2) is 6.18. The average molecular weight is 287 g/mol. The topological polar surface area (TPSA) is 61.0 Å². The maximum absolute atomic E-state index is 14.0. The number of nitrogens with two attached hydrogens (primary N) is 1. The minimum Gasteiger partial charge on any atom is -0.436 e. The minimum atomic E-state index is -0.418. The van der Waals surface area contributed by atoms with Crippen LogP contribution in [0.15, 0.2) is 24.5 Å². The summed E-state index contributed by atoms with van der Waals surface area (Å²) in [7, 11) is 0. The molecule has 4 nitrogen and oxygen atoms in total. The minimum absolute atomic E-state index is 0.178. The lowest BCUT2D eigenvalue weighted by molar-refractivity contribution is 0.419. The van der Waals surface area contributed by atoms with E-state index in [-0.39, 0.29) is 5.75 Å². The van der Waals surface area contributed by atoms with E-state index in [4.69, 9.17) is 10.5 Å². The lowest BCUT2D eigenvalue weighted by Crippen LogP contribution is -2.03. The van der Waals surface area contributed by atoms with Gasteiger partial charge in [0.2, 0.25) is 5.88 Å². The van der Waals surface area contributed by atoms with Gasteiger partial charge < -0.3 is 10.5 Å². The standard InChI is InChI=1S/C16H18FN3O/c17-13-8-11(9-18)6-7-15(13)21-16-12-4-2-1-3-5-14(12)19-10-20-16/h6-8,10H,1-5,9,18H2. The number of aryl methyl sites for hydroxylation is 1. The van der Waals surface area contributed by atoms with Crippen LogP contribution in [0.1, 0.15) is 36.1 Å². The number of rotatable bonds is 3. The highest BCUT2D eigenvalue weighted by atomic mass is 19.1. The van der Waals surface area contributed by atoms with Crippen molar-refractivity contribution in [3.8, 4) is 11.6 Å². The smallest absolute Gasteiger partial charge is 0.225 e. The molecule has 2 N–H and O–H groups in total. The fourth-order valence-corrected chi connectivity index (χ4v) is 2.61. The summed E-state index contributed by atoms with van der Waals surface area (Å²) in [6.45, 7) is 0.306. The first kappa shape index (κ1) is 13.9. The number of nitrogens with zero attached hydrogens (tertiary/aromatic N) is 2. The lowest BCUT2D eigenvalue weighted by atomic mass is 10.1. The normalized spacial score (nSPS) is 14.4. The number of benzene rings is 1. The van der Waals surface area contributed by atoms with E-state index in [1.807, 2.05) is 0 Å². The van der Waals surface area contributed by atoms with Crippen LogP contribution in [0.2, 0.25) is 0 Å². The predicted molar refractivity (Wildman–Crippen MR) is 77.7 cm³/mol. The van der Waals surface area contributed by atoms with Crippen LogP contribution >= 0.6 is 0 Å². The van der Waals surface area contributed by atoms with Gasteiger partial charge in [0.25, 0.3) is 0 Å². The Labute approximate surface area is 123 Å². The molecule has 0 aliphatic heterocycles. The van der Waals surface area contributed by atoms with Gasteiger partial charge >= 0.3 is 0 Å². The maximum atomic E-state index is 14.0. The molecule has 0 spiro atoms. The Morgan fingerprint density at radius 1 is 1.14 bits per heavy atom. The Kier molecular flexibility index (Phi) is 4.10. The summed E-state index contributed by atoms with van der Waals surface area (Å²) in [5.41, 5.74) is 8.28. The molecule has 3 rings (SSSR count). The molecule has 1 aliphatic carbocycles. The van der Waals surface area contributed by atoms with E-state index in [9.17, 15) is 4.39 Å². The van der Waals surface area contributed by atoms with Gasteiger partial charge in [-0.1, -0.05) is 12.5 Å². The van der Waals surface area contributed by atoms with Gasteiger partial charge in [-0.05, 0) is 43.4 Å². The summed E-state index contributed by atoms with van der Waals surface area (Å²) < 4.78 is 19.7. The Morgan fingerprint density at radius 2 is 2.00 bits per heavy atom. The van der Waals surface area contributed by atoms with Crippen LogP contribution in [-0.4, -0.2) is 9.97 Å². The monoisotopic (exact) mass is 287 g/mol. The van der Waals surface area contributed by atoms with E-state index in [0.29, 0.717) is 12.4 Å². The van der Waals surface area contributed by atoms with Gasteiger partial charge in [-0.2, -0.15) is 0 Å². The zero-order chi connectivity index (χ0) is 14.7. The van der Waals surface area contributed by atoms with Gasteiger partial charge in [0.1, 0.15) is 6.33 Å². The van der Waals surface area contributed by atoms with Gasteiger partial charge in [0.15, 0.2) is 11.6 Å². The molecule has 0 unspecified atom stereocenters. The molecule has 2 aromatic rings. The molecular formula is C16H18FN3O. The molecule has 21 heavy (non-hydrogen) atoms. The molecule has 1 aliphatic rings. The van der Waals surface area contributed by atoms with Crippen LogP contribution in [0.4, 0.5) is 4.39 Å². The van der Waals surface area contributed by atoms with Crippen LogP contribution in [0.5, 0.6) is 11.6 Å². The molecule has 1 aromatic carbocycles. The molecule has 0 atom stereocenters. The molecule has 0 amide bonds. The highest BCUT2D eigenvalue weighted by Gasteiger charge is 2.17. The zero-order valence-corrected chi connectivity index (χ0v) is 11.8. The third-order valence-electron chi connectivity index (χ3n) is 3.77. The molecule has 0 radical (unpaired) electrons. The summed E-state index contributed by atoms with van der Waals surface area (Å²) in [6.07, 6.45) is 6.70. The van der Waals surface area contributed by atoms with Crippen LogP contribution in [0.3, 0.4) is 0 Å². The summed E-state index contributed by atoms with van der Waals surface area (Å²) in [5.74, 6) is 0.234. The number of fused-ring (bicyclic) bond motifs is 1. The third-order valence-corrected chi connectivity index (χ3v) is 3.77. The van der Waals surface area contributed by atoms with Crippen molar-refractivity contribution < 1.29 is 9.13 Å². The second-order valence-corrected chi connectivity index (χ2v) is 5.24. The highest BCUT2D eigenvalue weighted by Crippen LogP contribution is 2.30. The highest BCUT2D eigenvalue weighted by molar-refractivity contribution is 5.37. The molecule has 0 bridgehead atoms. The Balaban J connectivity index is 1.91. The van der Waals surface area contributed by atoms with E-state index >= 15 is 0 Å². The first-order valence-corrected chi connectivity index (χ1v) is 7.27. The van der Waals surface area contributed by atoms with E-state index < -0.39 is 5.82 Å². The van der Waals surface area contributed by atoms with Crippen molar-refractivity contribution in [2.75, 3.05) is 0 Å². The number of aromatic nitrogens is 2. The summed E-state index contributed by atoms with van der Waals surface area (Å²) in [4.78, 5) is 8.52. The van der Waals surface area contributed by atoms with Gasteiger partial charge in [0.05, 0.1) is 5.69 Å². The van der Waals surface area contributed by atoms with Crippen molar-refractivity contribution in [3.05, 3.63) is 47.2 Å². The van der Waals surface area contributed by atoms with Crippen LogP contribution < -0.4 is 10.5 Å². The third kappa shape index (κ3) is 3.03. The molecule has 5 heteroatoms. The van der Waals surface area contributed by atoms with Crippen molar-refractivity contribution in [3.63, 3.8) is 0 Å². The lowest BCUT2D eigenvalue weighted by Gasteiger charge is -2.12. The van der Waals surface area contributed by atoms with Gasteiger partial charge in [-0.3, -0.25) is 0 Å². The predicted octanol–water partition coefficient (Wildman–Crippen LogP) is 3.14. The summed E-state index contributed by atoms with van der Waals surface area (Å²) >= 11 is 0. The Hall–Kier alpha value is -2.01. The van der Waals surface area contributed by atoms with Crippen molar-refractivity contribution in [2.24, 2.45) is 5.73 Å². The molecule has 1 heterocycles. The number of ether oxygens (including phenoxy) is 1. The molecule has 0 saturated carbocycles. The number of hydrogen-bond donors (Lipinski definition) is 1. The summed E-state index contributed by atoms with van der Waals surface area (Å²) in [6, 6.07) is 4.76. The first-order valence-electron chi connectivity index (χ1n) is 7.27. The Bertz CT molecular complexity index is 645. The second-order valence-electron chi connectivity index (χ2n) is 5.24. The fourth-order valence-electron chi connectivity index (χ4n) is 2.61. The molecule has 0 fully saturated rings. The van der Waals surface area contributed by atoms with E-state index in [1.165, 1.54) is 18.8 Å². The van der Waals surface area contributed by atoms with Gasteiger partial charge in [-0.25, -0.2) is 14.4 Å². The maximum Gasteiger partial charge on any atom is 0.225 e. The molecule has 0 saturated heterocycles. The Morgan fingerprint density at radius 3 is 2.81 bits per heavy atom. The van der Waals surface area contributed by atoms with E-state index in [1.54, 1.807) is 12.1 Å². The number of hydrogen-bond acceptors (Lipinski definition) is 4. The van der Waals surface area contributed by atoms with Gasteiger partial charge in [-0.15, -0.1) is 0 Å². The van der Waals surface area contributed by atoms with Crippen molar-refractivity contribution >= 4 is 0 Å². The van der Waals surface area contributed by atoms with E-state index in [0.717, 1.165) is 42.5 Å². The van der Waals surface area contributed by atoms with Crippen LogP contribution in [-0.2, 0) is 19.4 Å². The van der Waals surface area contributed by atoms with Crippen LogP contribution in [0, 0.1) is 5.82 Å². The summed E-state index contributed by atoms with van der Waals surface area (Å²) in [5, 5.41) is 0. The first-order chi connectivity index (χ1) is 10.3. The quantitative estimate of drug-likeness (QED) is 0.881. The SMILES string of the molecule is NCc1ccc(Oc2ncnc3c2CCCCC3)c(F)c1. The molecule has 110 valence electrons. The fraction of sp³-hybridized carbons (Fsp3) is 0.375. The molecule has 1 aromatic heterocycles. The molecular weight excluding hydrogens is 269 g/mol. The van der Waals surface area contributed by atoms with Crippen molar-refractivity contribution in [2.45, 2.75) is 38.6 Å². The van der Waals surface area contributed by atoms with Crippen molar-refractivity contribution in [1.82, 2.24) is 9.97 Å².